The zero-order valence-electron chi connectivity index (χ0n) is 9.50. The van der Waals surface area contributed by atoms with Gasteiger partial charge in [0.2, 0.25) is 0 Å². The molecule has 0 bridgehead atoms. The summed E-state index contributed by atoms with van der Waals surface area (Å²) in [4.78, 5) is 2.90. The van der Waals surface area contributed by atoms with Crippen molar-refractivity contribution in [3.63, 3.8) is 0 Å². The molecule has 0 saturated heterocycles. The van der Waals surface area contributed by atoms with Crippen LogP contribution >= 0.6 is 11.3 Å². The number of thiophene rings is 1. The fourth-order valence-electron chi connectivity index (χ4n) is 2.07. The van der Waals surface area contributed by atoms with Gasteiger partial charge < -0.3 is 0 Å². The molecule has 2 aromatic rings. The van der Waals surface area contributed by atoms with Crippen molar-refractivity contribution >= 4 is 11.3 Å². The Kier molecular flexibility index (Phi) is 2.92. The zero-order chi connectivity index (χ0) is 10.8. The van der Waals surface area contributed by atoms with Crippen LogP contribution < -0.4 is 0 Å². The Labute approximate surface area is 95.6 Å². The summed E-state index contributed by atoms with van der Waals surface area (Å²) in [7, 11) is 0. The first-order chi connectivity index (χ1) is 7.24. The molecule has 0 aliphatic heterocycles. The van der Waals surface area contributed by atoms with E-state index in [1.165, 1.54) is 26.4 Å². The Morgan fingerprint density at radius 3 is 2.27 bits per heavy atom. The van der Waals surface area contributed by atoms with E-state index < -0.39 is 0 Å². The van der Waals surface area contributed by atoms with Crippen LogP contribution in [0.2, 0.25) is 0 Å². The van der Waals surface area contributed by atoms with Crippen molar-refractivity contribution in [1.82, 2.24) is 0 Å². The summed E-state index contributed by atoms with van der Waals surface area (Å²) in [5.74, 6) is 0. The Balaban J connectivity index is 2.55. The minimum absolute atomic E-state index is 1.14. The average molecular weight is 216 g/mol. The molecule has 0 nitrogen and oxygen atoms in total. The molecule has 15 heavy (non-hydrogen) atoms. The van der Waals surface area contributed by atoms with Gasteiger partial charge in [-0.05, 0) is 37.0 Å². The molecule has 0 atom stereocenters. The number of aryl methyl sites for hydroxylation is 1. The van der Waals surface area contributed by atoms with E-state index in [2.05, 4.69) is 51.1 Å². The highest BCUT2D eigenvalue weighted by molar-refractivity contribution is 7.15. The van der Waals surface area contributed by atoms with Crippen molar-refractivity contribution in [1.29, 1.82) is 0 Å². The van der Waals surface area contributed by atoms with Gasteiger partial charge in [-0.25, -0.2) is 0 Å². The van der Waals surface area contributed by atoms with E-state index in [1.807, 2.05) is 11.3 Å². The molecule has 78 valence electrons. The minimum Gasteiger partial charge on any atom is -0.140 e. The highest BCUT2D eigenvalue weighted by Crippen LogP contribution is 2.35. The summed E-state index contributed by atoms with van der Waals surface area (Å²) in [5, 5.41) is 0. The molecule has 0 spiro atoms. The van der Waals surface area contributed by atoms with Gasteiger partial charge in [0.05, 0.1) is 0 Å². The molecule has 0 radical (unpaired) electrons. The fraction of sp³-hybridized carbons (Fsp3) is 0.286. The number of benzene rings is 1. The maximum absolute atomic E-state index is 2.24. The number of hydrogen-bond acceptors (Lipinski definition) is 1. The van der Waals surface area contributed by atoms with Crippen molar-refractivity contribution in [3.8, 4) is 10.4 Å². The summed E-state index contributed by atoms with van der Waals surface area (Å²) in [6.45, 7) is 6.70. The Morgan fingerprint density at radius 2 is 1.73 bits per heavy atom. The third kappa shape index (κ3) is 1.84. The van der Waals surface area contributed by atoms with Crippen molar-refractivity contribution in [2.75, 3.05) is 0 Å². The maximum atomic E-state index is 2.24. The maximum Gasteiger partial charge on any atom is 0.0377 e. The second-order valence-corrected chi connectivity index (χ2v) is 5.04. The second kappa shape index (κ2) is 4.19. The fourth-order valence-corrected chi connectivity index (χ4v) is 3.33. The SMILES string of the molecule is CCc1c(C)sc(-c2ccccc2)c1C. The lowest BCUT2D eigenvalue weighted by Gasteiger charge is -2.00. The first-order valence-electron chi connectivity index (χ1n) is 5.38. The lowest BCUT2D eigenvalue weighted by Crippen LogP contribution is -1.83. The van der Waals surface area contributed by atoms with Crippen molar-refractivity contribution in [2.45, 2.75) is 27.2 Å². The van der Waals surface area contributed by atoms with E-state index in [9.17, 15) is 0 Å². The van der Waals surface area contributed by atoms with E-state index in [0.717, 1.165) is 6.42 Å². The quantitative estimate of drug-likeness (QED) is 0.688. The van der Waals surface area contributed by atoms with Gasteiger partial charge in [0.15, 0.2) is 0 Å². The largest absolute Gasteiger partial charge is 0.140 e. The first kappa shape index (κ1) is 10.4. The highest BCUT2D eigenvalue weighted by atomic mass is 32.1. The third-order valence-corrected chi connectivity index (χ3v) is 4.16. The van der Waals surface area contributed by atoms with Gasteiger partial charge >= 0.3 is 0 Å². The lowest BCUT2D eigenvalue weighted by atomic mass is 10.0. The van der Waals surface area contributed by atoms with Crippen LogP contribution in [0.15, 0.2) is 30.3 Å². The summed E-state index contributed by atoms with van der Waals surface area (Å²) in [6.07, 6.45) is 1.14. The molecule has 0 aliphatic rings. The van der Waals surface area contributed by atoms with Crippen LogP contribution in [0.1, 0.15) is 22.9 Å². The molecule has 1 aromatic carbocycles. The van der Waals surface area contributed by atoms with Crippen LogP contribution in [-0.2, 0) is 6.42 Å². The van der Waals surface area contributed by atoms with Crippen molar-refractivity contribution < 1.29 is 0 Å². The smallest absolute Gasteiger partial charge is 0.0377 e. The Bertz CT molecular complexity index is 452. The molecule has 0 amide bonds. The topological polar surface area (TPSA) is 0 Å². The van der Waals surface area contributed by atoms with Crippen LogP contribution in [-0.4, -0.2) is 0 Å². The van der Waals surface area contributed by atoms with Crippen LogP contribution in [0.25, 0.3) is 10.4 Å². The zero-order valence-corrected chi connectivity index (χ0v) is 10.3. The molecule has 0 N–H and O–H groups in total. The molecule has 0 fully saturated rings. The molecule has 0 saturated carbocycles. The molecule has 0 unspecified atom stereocenters. The first-order valence-corrected chi connectivity index (χ1v) is 6.20. The third-order valence-electron chi connectivity index (χ3n) is 2.86. The molecule has 1 heterocycles. The lowest BCUT2D eigenvalue weighted by molar-refractivity contribution is 1.11. The molecular formula is C14H16S. The average Bonchev–Trinajstić information content (AvgIpc) is 2.55. The van der Waals surface area contributed by atoms with E-state index in [-0.39, 0.29) is 0 Å². The van der Waals surface area contributed by atoms with Gasteiger partial charge in [-0.1, -0.05) is 37.3 Å². The second-order valence-electron chi connectivity index (χ2n) is 3.81. The summed E-state index contributed by atoms with van der Waals surface area (Å²) < 4.78 is 0. The molecule has 1 heteroatoms. The van der Waals surface area contributed by atoms with Gasteiger partial charge in [-0.15, -0.1) is 11.3 Å². The predicted octanol–water partition coefficient (Wildman–Crippen LogP) is 4.59. The highest BCUT2D eigenvalue weighted by Gasteiger charge is 2.11. The van der Waals surface area contributed by atoms with E-state index in [0.29, 0.717) is 0 Å². The van der Waals surface area contributed by atoms with E-state index >= 15 is 0 Å². The van der Waals surface area contributed by atoms with E-state index in [4.69, 9.17) is 0 Å². The Hall–Kier alpha value is -1.08. The molecule has 0 aliphatic carbocycles. The summed E-state index contributed by atoms with van der Waals surface area (Å²) in [5.41, 5.74) is 4.34. The number of hydrogen-bond donors (Lipinski definition) is 0. The van der Waals surface area contributed by atoms with E-state index in [1.54, 1.807) is 0 Å². The van der Waals surface area contributed by atoms with Gasteiger partial charge in [0.25, 0.3) is 0 Å². The summed E-state index contributed by atoms with van der Waals surface area (Å²) in [6, 6.07) is 10.7. The molecular weight excluding hydrogens is 200 g/mol. The standard InChI is InChI=1S/C14H16S/c1-4-13-10(2)14(15-11(13)3)12-8-6-5-7-9-12/h5-9H,4H2,1-3H3. The van der Waals surface area contributed by atoms with Gasteiger partial charge in [0.1, 0.15) is 0 Å². The molecule has 2 rings (SSSR count). The van der Waals surface area contributed by atoms with Gasteiger partial charge in [-0.3, -0.25) is 0 Å². The predicted molar refractivity (Wildman–Crippen MR) is 68.6 cm³/mol. The van der Waals surface area contributed by atoms with Crippen LogP contribution in [0.5, 0.6) is 0 Å². The Morgan fingerprint density at radius 1 is 1.07 bits per heavy atom. The van der Waals surface area contributed by atoms with Crippen LogP contribution in [0.4, 0.5) is 0 Å². The summed E-state index contributed by atoms with van der Waals surface area (Å²) >= 11 is 1.92. The van der Waals surface area contributed by atoms with Gasteiger partial charge in [-0.2, -0.15) is 0 Å². The monoisotopic (exact) mass is 216 g/mol. The normalized spacial score (nSPS) is 10.6. The minimum atomic E-state index is 1.14. The van der Waals surface area contributed by atoms with Gasteiger partial charge in [0, 0.05) is 9.75 Å². The van der Waals surface area contributed by atoms with Crippen LogP contribution in [0, 0.1) is 13.8 Å². The van der Waals surface area contributed by atoms with Crippen molar-refractivity contribution in [2.24, 2.45) is 0 Å². The van der Waals surface area contributed by atoms with Crippen LogP contribution in [0.3, 0.4) is 0 Å². The van der Waals surface area contributed by atoms with Crippen molar-refractivity contribution in [3.05, 3.63) is 46.3 Å². The number of rotatable bonds is 2. The molecule has 1 aromatic heterocycles.